The highest BCUT2D eigenvalue weighted by Crippen LogP contribution is 2.51. The fraction of sp³-hybridized carbons (Fsp3) is 0.900. The van der Waals surface area contributed by atoms with Gasteiger partial charge in [0.15, 0.2) is 0 Å². The zero-order valence-electron chi connectivity index (χ0n) is 7.64. The van der Waals surface area contributed by atoms with Crippen LogP contribution < -0.4 is 0 Å². The van der Waals surface area contributed by atoms with Crippen LogP contribution in [-0.2, 0) is 9.53 Å². The van der Waals surface area contributed by atoms with Gasteiger partial charge in [0.1, 0.15) is 0 Å². The van der Waals surface area contributed by atoms with Gasteiger partial charge in [-0.2, -0.15) is 0 Å². The van der Waals surface area contributed by atoms with Crippen molar-refractivity contribution in [2.75, 3.05) is 7.11 Å². The summed E-state index contributed by atoms with van der Waals surface area (Å²) < 4.78 is 4.87. The maximum absolute atomic E-state index is 11.5. The van der Waals surface area contributed by atoms with Gasteiger partial charge in [0, 0.05) is 0 Å². The number of ether oxygens (including phenoxy) is 1. The van der Waals surface area contributed by atoms with E-state index in [-0.39, 0.29) is 11.4 Å². The van der Waals surface area contributed by atoms with Crippen molar-refractivity contribution in [3.8, 4) is 0 Å². The lowest BCUT2D eigenvalue weighted by Gasteiger charge is -2.29. The number of rotatable bonds is 1. The van der Waals surface area contributed by atoms with Gasteiger partial charge in [-0.1, -0.05) is 12.8 Å². The van der Waals surface area contributed by atoms with Crippen molar-refractivity contribution in [3.05, 3.63) is 0 Å². The normalized spacial score (nSPS) is 39.6. The van der Waals surface area contributed by atoms with E-state index in [1.807, 2.05) is 0 Å². The molecule has 2 nitrogen and oxygen atoms in total. The Morgan fingerprint density at radius 1 is 1.42 bits per heavy atom. The van der Waals surface area contributed by atoms with Crippen LogP contribution in [0.3, 0.4) is 0 Å². The molecule has 0 saturated heterocycles. The van der Waals surface area contributed by atoms with Crippen LogP contribution in [0.1, 0.15) is 38.5 Å². The van der Waals surface area contributed by atoms with Gasteiger partial charge in [0.2, 0.25) is 0 Å². The van der Waals surface area contributed by atoms with E-state index in [0.717, 1.165) is 25.2 Å². The predicted molar refractivity (Wildman–Crippen MR) is 45.6 cm³/mol. The number of carbonyl (C=O) groups is 1. The van der Waals surface area contributed by atoms with E-state index >= 15 is 0 Å². The topological polar surface area (TPSA) is 26.3 Å². The average Bonchev–Trinajstić information content (AvgIpc) is 2.42. The molecular weight excluding hydrogens is 152 g/mol. The monoisotopic (exact) mass is 168 g/mol. The lowest BCUT2D eigenvalue weighted by molar-refractivity contribution is -0.153. The highest BCUT2D eigenvalue weighted by atomic mass is 16.5. The highest BCUT2D eigenvalue weighted by Gasteiger charge is 2.48. The van der Waals surface area contributed by atoms with Gasteiger partial charge < -0.3 is 4.74 Å². The quantitative estimate of drug-likeness (QED) is 0.561. The second-order valence-corrected chi connectivity index (χ2v) is 4.27. The van der Waals surface area contributed by atoms with Crippen molar-refractivity contribution >= 4 is 5.97 Å². The molecular formula is C10H16O2. The van der Waals surface area contributed by atoms with Gasteiger partial charge in [-0.25, -0.2) is 0 Å². The van der Waals surface area contributed by atoms with Crippen LogP contribution in [0.25, 0.3) is 0 Å². The van der Waals surface area contributed by atoms with Crippen LogP contribution >= 0.6 is 0 Å². The maximum Gasteiger partial charge on any atom is 0.311 e. The highest BCUT2D eigenvalue weighted by molar-refractivity contribution is 5.77. The molecule has 0 spiro atoms. The molecule has 12 heavy (non-hydrogen) atoms. The summed E-state index contributed by atoms with van der Waals surface area (Å²) in [5.74, 6) is 0.863. The molecule has 0 aliphatic heterocycles. The van der Waals surface area contributed by atoms with Gasteiger partial charge in [-0.15, -0.1) is 0 Å². The Hall–Kier alpha value is -0.530. The van der Waals surface area contributed by atoms with Crippen LogP contribution in [0.5, 0.6) is 0 Å². The third kappa shape index (κ3) is 1.05. The summed E-state index contributed by atoms with van der Waals surface area (Å²) in [6, 6.07) is 0. The molecule has 2 rings (SSSR count). The molecule has 2 heteroatoms. The number of methoxy groups -OCH3 is 1. The van der Waals surface area contributed by atoms with Crippen molar-refractivity contribution in [3.63, 3.8) is 0 Å². The number of hydrogen-bond acceptors (Lipinski definition) is 2. The summed E-state index contributed by atoms with van der Waals surface area (Å²) in [7, 11) is 1.51. The molecule has 2 fully saturated rings. The second kappa shape index (κ2) is 2.75. The van der Waals surface area contributed by atoms with Crippen LogP contribution in [0, 0.1) is 11.3 Å². The smallest absolute Gasteiger partial charge is 0.311 e. The van der Waals surface area contributed by atoms with E-state index in [9.17, 15) is 4.79 Å². The van der Waals surface area contributed by atoms with E-state index < -0.39 is 0 Å². The Labute approximate surface area is 73.3 Å². The van der Waals surface area contributed by atoms with Crippen molar-refractivity contribution < 1.29 is 9.53 Å². The number of esters is 1. The molecule has 2 aliphatic carbocycles. The summed E-state index contributed by atoms with van der Waals surface area (Å²) >= 11 is 0. The summed E-state index contributed by atoms with van der Waals surface area (Å²) in [6.07, 6.45) is 7.04. The Balaban J connectivity index is 2.15. The zero-order valence-corrected chi connectivity index (χ0v) is 7.64. The SMILES string of the molecule is COC(=O)C12CCCC(CC1)C2. The minimum Gasteiger partial charge on any atom is -0.469 e. The van der Waals surface area contributed by atoms with Gasteiger partial charge in [-0.3, -0.25) is 4.79 Å². The lowest BCUT2D eigenvalue weighted by atomic mass is 9.76. The first-order valence-corrected chi connectivity index (χ1v) is 4.85. The largest absolute Gasteiger partial charge is 0.469 e. The van der Waals surface area contributed by atoms with E-state index in [2.05, 4.69) is 0 Å². The first-order chi connectivity index (χ1) is 5.77. The fourth-order valence-corrected chi connectivity index (χ4v) is 2.94. The van der Waals surface area contributed by atoms with Gasteiger partial charge in [-0.05, 0) is 31.6 Å². The molecule has 0 aromatic carbocycles. The molecule has 0 heterocycles. The Morgan fingerprint density at radius 2 is 2.25 bits per heavy atom. The maximum atomic E-state index is 11.5. The summed E-state index contributed by atoms with van der Waals surface area (Å²) in [6.45, 7) is 0. The predicted octanol–water partition coefficient (Wildman–Crippen LogP) is 2.13. The number of carbonyl (C=O) groups excluding carboxylic acids is 1. The van der Waals surface area contributed by atoms with Crippen molar-refractivity contribution in [2.24, 2.45) is 11.3 Å². The number of fused-ring (bicyclic) bond motifs is 2. The first-order valence-electron chi connectivity index (χ1n) is 4.85. The summed E-state index contributed by atoms with van der Waals surface area (Å²) in [5, 5.41) is 0. The third-order valence-corrected chi connectivity index (χ3v) is 3.60. The van der Waals surface area contributed by atoms with Crippen LogP contribution in [0.15, 0.2) is 0 Å². The van der Waals surface area contributed by atoms with Crippen LogP contribution in [-0.4, -0.2) is 13.1 Å². The summed E-state index contributed by atoms with van der Waals surface area (Å²) in [5.41, 5.74) is -0.0579. The molecule has 2 aliphatic rings. The molecule has 0 N–H and O–H groups in total. The minimum atomic E-state index is -0.0579. The Bertz CT molecular complexity index is 196. The van der Waals surface area contributed by atoms with Crippen LogP contribution in [0.4, 0.5) is 0 Å². The van der Waals surface area contributed by atoms with E-state index in [0.29, 0.717) is 0 Å². The third-order valence-electron chi connectivity index (χ3n) is 3.60. The lowest BCUT2D eigenvalue weighted by Crippen LogP contribution is -2.31. The average molecular weight is 168 g/mol. The molecule has 0 aromatic heterocycles. The van der Waals surface area contributed by atoms with E-state index in [1.54, 1.807) is 0 Å². The molecule has 2 saturated carbocycles. The molecule has 68 valence electrons. The number of hydrogen-bond donors (Lipinski definition) is 0. The Kier molecular flexibility index (Phi) is 1.85. The van der Waals surface area contributed by atoms with Crippen molar-refractivity contribution in [1.82, 2.24) is 0 Å². The fourth-order valence-electron chi connectivity index (χ4n) is 2.94. The van der Waals surface area contributed by atoms with Crippen molar-refractivity contribution in [1.29, 1.82) is 0 Å². The molecule has 0 amide bonds. The van der Waals surface area contributed by atoms with Crippen LogP contribution in [0.2, 0.25) is 0 Å². The standard InChI is InChI=1S/C10H16O2/c1-12-9(11)10-5-2-3-8(7-10)4-6-10/h8H,2-7H2,1H3. The van der Waals surface area contributed by atoms with E-state index in [1.165, 1.54) is 26.4 Å². The van der Waals surface area contributed by atoms with E-state index in [4.69, 9.17) is 4.74 Å². The van der Waals surface area contributed by atoms with Gasteiger partial charge in [0.25, 0.3) is 0 Å². The first kappa shape index (κ1) is 8.09. The van der Waals surface area contributed by atoms with Gasteiger partial charge >= 0.3 is 5.97 Å². The van der Waals surface area contributed by atoms with Crippen molar-refractivity contribution in [2.45, 2.75) is 38.5 Å². The summed E-state index contributed by atoms with van der Waals surface area (Å²) in [4.78, 5) is 11.5. The molecule has 0 radical (unpaired) electrons. The zero-order chi connectivity index (χ0) is 8.60. The molecule has 2 bridgehead atoms. The minimum absolute atomic E-state index is 0.0460. The molecule has 2 atom stereocenters. The molecule has 0 aromatic rings. The molecule has 2 unspecified atom stereocenters. The van der Waals surface area contributed by atoms with Gasteiger partial charge in [0.05, 0.1) is 12.5 Å². The Morgan fingerprint density at radius 3 is 3.00 bits per heavy atom. The second-order valence-electron chi connectivity index (χ2n) is 4.27.